The molecule has 0 saturated carbocycles. The van der Waals surface area contributed by atoms with E-state index in [1.54, 1.807) is 0 Å². The van der Waals surface area contributed by atoms with Crippen molar-refractivity contribution in [1.82, 2.24) is 4.90 Å². The minimum Gasteiger partial charge on any atom is -0.366 e. The van der Waals surface area contributed by atoms with Crippen molar-refractivity contribution in [2.75, 3.05) is 19.6 Å². The Morgan fingerprint density at radius 1 is 1.33 bits per heavy atom. The van der Waals surface area contributed by atoms with Gasteiger partial charge in [0.25, 0.3) is 0 Å². The van der Waals surface area contributed by atoms with Crippen molar-refractivity contribution < 1.29 is 9.53 Å². The maximum absolute atomic E-state index is 12.1. The molecule has 1 aromatic rings. The van der Waals surface area contributed by atoms with Crippen LogP contribution in [0.4, 0.5) is 0 Å². The first-order valence-electron chi connectivity index (χ1n) is 7.30. The van der Waals surface area contributed by atoms with Gasteiger partial charge in [-0.1, -0.05) is 44.2 Å². The molecule has 1 aliphatic rings. The molecular weight excluding hydrogens is 288 g/mol. The second-order valence-corrected chi connectivity index (χ2v) is 5.66. The molecule has 0 aromatic heterocycles. The van der Waals surface area contributed by atoms with Crippen molar-refractivity contribution in [2.24, 2.45) is 11.7 Å². The molecular formula is C16H25ClN2O2. The van der Waals surface area contributed by atoms with Gasteiger partial charge in [0.2, 0.25) is 5.91 Å². The van der Waals surface area contributed by atoms with Crippen LogP contribution < -0.4 is 5.73 Å². The van der Waals surface area contributed by atoms with Crippen molar-refractivity contribution in [3.05, 3.63) is 35.9 Å². The fourth-order valence-corrected chi connectivity index (χ4v) is 2.49. The molecule has 1 aromatic carbocycles. The molecule has 2 rings (SSSR count). The van der Waals surface area contributed by atoms with Gasteiger partial charge in [0.15, 0.2) is 0 Å². The first-order chi connectivity index (χ1) is 9.61. The molecule has 0 spiro atoms. The van der Waals surface area contributed by atoms with Gasteiger partial charge in [-0.05, 0) is 11.5 Å². The third kappa shape index (κ3) is 4.70. The summed E-state index contributed by atoms with van der Waals surface area (Å²) in [6.45, 7) is 5.94. The number of ether oxygens (including phenoxy) is 1. The number of nitrogens with zero attached hydrogens (tertiary/aromatic N) is 1. The van der Waals surface area contributed by atoms with Gasteiger partial charge in [-0.15, -0.1) is 12.4 Å². The van der Waals surface area contributed by atoms with Crippen LogP contribution in [-0.2, 0) is 9.53 Å². The van der Waals surface area contributed by atoms with E-state index < -0.39 is 0 Å². The molecule has 0 unspecified atom stereocenters. The van der Waals surface area contributed by atoms with E-state index in [4.69, 9.17) is 10.5 Å². The van der Waals surface area contributed by atoms with Gasteiger partial charge in [0.1, 0.15) is 6.10 Å². The average molecular weight is 313 g/mol. The Morgan fingerprint density at radius 2 is 2.00 bits per heavy atom. The lowest BCUT2D eigenvalue weighted by Gasteiger charge is -2.40. The third-order valence-corrected chi connectivity index (χ3v) is 3.75. The predicted molar refractivity (Wildman–Crippen MR) is 86.4 cm³/mol. The number of hydrogen-bond acceptors (Lipinski definition) is 3. The Kier molecular flexibility index (Phi) is 7.15. The van der Waals surface area contributed by atoms with Crippen molar-refractivity contribution in [3.63, 3.8) is 0 Å². The molecule has 1 amide bonds. The molecule has 1 fully saturated rings. The molecule has 5 heteroatoms. The van der Waals surface area contributed by atoms with E-state index in [0.29, 0.717) is 32.0 Å². The van der Waals surface area contributed by atoms with E-state index >= 15 is 0 Å². The van der Waals surface area contributed by atoms with Crippen LogP contribution >= 0.6 is 12.4 Å². The summed E-state index contributed by atoms with van der Waals surface area (Å²) in [5.74, 6) is 0.511. The summed E-state index contributed by atoms with van der Waals surface area (Å²) in [4.78, 5) is 14.0. The van der Waals surface area contributed by atoms with Gasteiger partial charge in [0.05, 0.1) is 12.6 Å². The molecule has 2 atom stereocenters. The molecule has 1 aliphatic heterocycles. The Morgan fingerprint density at radius 3 is 2.57 bits per heavy atom. The van der Waals surface area contributed by atoms with Gasteiger partial charge in [-0.25, -0.2) is 0 Å². The number of amides is 1. The number of nitrogens with two attached hydrogens (primary N) is 1. The van der Waals surface area contributed by atoms with Gasteiger partial charge in [0, 0.05) is 19.5 Å². The number of halogens is 1. The summed E-state index contributed by atoms with van der Waals surface area (Å²) >= 11 is 0. The molecule has 1 saturated heterocycles. The third-order valence-electron chi connectivity index (χ3n) is 3.75. The highest BCUT2D eigenvalue weighted by atomic mass is 35.5. The van der Waals surface area contributed by atoms with Crippen LogP contribution in [0.3, 0.4) is 0 Å². The zero-order valence-corrected chi connectivity index (χ0v) is 13.5. The minimum absolute atomic E-state index is 0. The van der Waals surface area contributed by atoms with Crippen LogP contribution in [0.5, 0.6) is 0 Å². The SMILES string of the molecule is CC(C)[C@H]1CN(C(=O)CCN)C[C@@H](c2ccccc2)O1.Cl. The lowest BCUT2D eigenvalue weighted by molar-refractivity contribution is -0.149. The molecule has 2 N–H and O–H groups in total. The standard InChI is InChI=1S/C16H24N2O2.ClH/c1-12(2)14-10-18(16(19)8-9-17)11-15(20-14)13-6-4-3-5-7-13;/h3-7,12,14-15H,8-11,17H2,1-2H3;1H/t14-,15+;/m1./s1. The molecule has 0 radical (unpaired) electrons. The molecule has 1 heterocycles. The smallest absolute Gasteiger partial charge is 0.224 e. The van der Waals surface area contributed by atoms with Crippen LogP contribution in [0.25, 0.3) is 0 Å². The Bertz CT molecular complexity index is 439. The second kappa shape index (κ2) is 8.37. The minimum atomic E-state index is -0.0425. The lowest BCUT2D eigenvalue weighted by Crippen LogP contribution is -2.49. The number of morpholine rings is 1. The van der Waals surface area contributed by atoms with Gasteiger partial charge in [-0.2, -0.15) is 0 Å². The van der Waals surface area contributed by atoms with Crippen molar-refractivity contribution in [2.45, 2.75) is 32.5 Å². The monoisotopic (exact) mass is 312 g/mol. The first kappa shape index (κ1) is 18.0. The highest BCUT2D eigenvalue weighted by Gasteiger charge is 2.32. The van der Waals surface area contributed by atoms with Crippen LogP contribution in [-0.4, -0.2) is 36.5 Å². The quantitative estimate of drug-likeness (QED) is 0.928. The largest absolute Gasteiger partial charge is 0.366 e. The van der Waals surface area contributed by atoms with Crippen LogP contribution in [0.2, 0.25) is 0 Å². The summed E-state index contributed by atoms with van der Waals surface area (Å²) in [7, 11) is 0. The molecule has 4 nitrogen and oxygen atoms in total. The highest BCUT2D eigenvalue weighted by Crippen LogP contribution is 2.28. The Balaban J connectivity index is 0.00000220. The van der Waals surface area contributed by atoms with Crippen LogP contribution in [0.1, 0.15) is 31.9 Å². The molecule has 0 bridgehead atoms. The number of benzene rings is 1. The predicted octanol–water partition coefficient (Wildman–Crippen LogP) is 2.38. The van der Waals surface area contributed by atoms with E-state index in [1.807, 2.05) is 23.1 Å². The summed E-state index contributed by atoms with van der Waals surface area (Å²) in [6.07, 6.45) is 0.446. The first-order valence-corrected chi connectivity index (χ1v) is 7.30. The Hall–Kier alpha value is -1.10. The number of hydrogen-bond donors (Lipinski definition) is 1. The molecule has 0 aliphatic carbocycles. The van der Waals surface area contributed by atoms with Crippen molar-refractivity contribution in [1.29, 1.82) is 0 Å². The second-order valence-electron chi connectivity index (χ2n) is 5.66. The van der Waals surface area contributed by atoms with E-state index in [1.165, 1.54) is 0 Å². The number of carbonyl (C=O) groups excluding carboxylic acids is 1. The van der Waals surface area contributed by atoms with Gasteiger partial charge < -0.3 is 15.4 Å². The summed E-state index contributed by atoms with van der Waals surface area (Å²) in [5, 5.41) is 0. The van der Waals surface area contributed by atoms with Crippen LogP contribution in [0.15, 0.2) is 30.3 Å². The van der Waals surface area contributed by atoms with E-state index in [-0.39, 0.29) is 30.5 Å². The van der Waals surface area contributed by atoms with E-state index in [0.717, 1.165) is 5.56 Å². The zero-order chi connectivity index (χ0) is 14.5. The summed E-state index contributed by atoms with van der Waals surface area (Å²) < 4.78 is 6.17. The zero-order valence-electron chi connectivity index (χ0n) is 12.7. The number of carbonyl (C=O) groups is 1. The van der Waals surface area contributed by atoms with Crippen LogP contribution in [0, 0.1) is 5.92 Å². The summed E-state index contributed by atoms with van der Waals surface area (Å²) in [5.41, 5.74) is 6.63. The molecule has 21 heavy (non-hydrogen) atoms. The van der Waals surface area contributed by atoms with Gasteiger partial charge >= 0.3 is 0 Å². The molecule has 118 valence electrons. The van der Waals surface area contributed by atoms with Gasteiger partial charge in [-0.3, -0.25) is 4.79 Å². The van der Waals surface area contributed by atoms with Crippen molar-refractivity contribution >= 4 is 18.3 Å². The fraction of sp³-hybridized carbons (Fsp3) is 0.562. The lowest BCUT2D eigenvalue weighted by atomic mass is 10.0. The Labute approximate surface area is 133 Å². The topological polar surface area (TPSA) is 55.6 Å². The maximum Gasteiger partial charge on any atom is 0.224 e. The van der Waals surface area contributed by atoms with Crippen molar-refractivity contribution in [3.8, 4) is 0 Å². The fourth-order valence-electron chi connectivity index (χ4n) is 2.49. The van der Waals surface area contributed by atoms with E-state index in [9.17, 15) is 4.79 Å². The maximum atomic E-state index is 12.1. The van der Waals surface area contributed by atoms with E-state index in [2.05, 4.69) is 26.0 Å². The average Bonchev–Trinajstić information content (AvgIpc) is 2.48. The highest BCUT2D eigenvalue weighted by molar-refractivity contribution is 5.85. The normalized spacial score (nSPS) is 22.0. The number of rotatable bonds is 4. The summed E-state index contributed by atoms with van der Waals surface area (Å²) in [6, 6.07) is 10.1.